The zero-order chi connectivity index (χ0) is 18.7. The number of hydrogen-bond acceptors (Lipinski definition) is 3. The molecule has 0 fully saturated rings. The third-order valence-electron chi connectivity index (χ3n) is 4.11. The lowest BCUT2D eigenvalue weighted by molar-refractivity contribution is -0.121. The Hall–Kier alpha value is -2.86. The molecule has 134 valence electrons. The molecule has 26 heavy (non-hydrogen) atoms. The molecule has 1 aromatic carbocycles. The van der Waals surface area contributed by atoms with Crippen molar-refractivity contribution in [3.05, 3.63) is 70.1 Å². The zero-order valence-electron chi connectivity index (χ0n) is 14.5. The summed E-state index contributed by atoms with van der Waals surface area (Å²) in [6, 6.07) is 11.2. The Kier molecular flexibility index (Phi) is 5.23. The number of amides is 2. The van der Waals surface area contributed by atoms with E-state index in [9.17, 15) is 9.59 Å². The Bertz CT molecular complexity index is 981. The molecule has 0 aliphatic carbocycles. The van der Waals surface area contributed by atoms with E-state index in [0.717, 1.165) is 11.1 Å². The fourth-order valence-corrected chi connectivity index (χ4v) is 2.89. The van der Waals surface area contributed by atoms with Crippen LogP contribution in [0.25, 0.3) is 5.65 Å². The Labute approximate surface area is 156 Å². The lowest BCUT2D eigenvalue weighted by atomic mass is 10.1. The molecule has 0 bridgehead atoms. The van der Waals surface area contributed by atoms with Crippen LogP contribution in [0.1, 0.15) is 33.7 Å². The Morgan fingerprint density at radius 2 is 1.96 bits per heavy atom. The molecule has 0 atom stereocenters. The number of nitrogens with zero attached hydrogens (tertiary/aromatic N) is 2. The molecule has 2 aromatic heterocycles. The van der Waals surface area contributed by atoms with E-state index in [4.69, 9.17) is 11.6 Å². The number of halogens is 1. The average molecular weight is 371 g/mol. The van der Waals surface area contributed by atoms with Crippen molar-refractivity contribution in [1.82, 2.24) is 20.2 Å². The number of hydrazine groups is 1. The van der Waals surface area contributed by atoms with Crippen LogP contribution in [-0.2, 0) is 11.2 Å². The number of benzene rings is 1. The van der Waals surface area contributed by atoms with Gasteiger partial charge in [-0.3, -0.25) is 24.8 Å². The standard InChI is InChI=1S/C19H19ClN4O2/c1-12-6-7-14(11-15(12)20)8-9-17(25)22-23-19(26)18-13(2)21-16-5-3-4-10-24(16)18/h3-7,10-11H,8-9H2,1-2H3,(H,22,25)(H,23,26). The van der Waals surface area contributed by atoms with Gasteiger partial charge < -0.3 is 0 Å². The second-order valence-corrected chi connectivity index (χ2v) is 6.47. The Morgan fingerprint density at radius 1 is 1.15 bits per heavy atom. The summed E-state index contributed by atoms with van der Waals surface area (Å²) in [4.78, 5) is 28.7. The van der Waals surface area contributed by atoms with Gasteiger partial charge >= 0.3 is 0 Å². The van der Waals surface area contributed by atoms with Crippen LogP contribution >= 0.6 is 11.6 Å². The maximum atomic E-state index is 12.4. The van der Waals surface area contributed by atoms with E-state index in [0.29, 0.717) is 28.5 Å². The first kappa shape index (κ1) is 17.9. The predicted molar refractivity (Wildman–Crippen MR) is 100 cm³/mol. The van der Waals surface area contributed by atoms with Gasteiger partial charge in [-0.25, -0.2) is 4.98 Å². The van der Waals surface area contributed by atoms with Crippen molar-refractivity contribution in [3.8, 4) is 0 Å². The quantitative estimate of drug-likeness (QED) is 0.693. The molecular formula is C19H19ClN4O2. The molecule has 0 saturated heterocycles. The van der Waals surface area contributed by atoms with Crippen molar-refractivity contribution in [2.24, 2.45) is 0 Å². The van der Waals surface area contributed by atoms with Crippen LogP contribution in [0.4, 0.5) is 0 Å². The van der Waals surface area contributed by atoms with Crippen molar-refractivity contribution in [2.45, 2.75) is 26.7 Å². The number of carbonyl (C=O) groups is 2. The van der Waals surface area contributed by atoms with Gasteiger partial charge in [-0.15, -0.1) is 0 Å². The first-order chi connectivity index (χ1) is 12.5. The van der Waals surface area contributed by atoms with Crippen molar-refractivity contribution in [1.29, 1.82) is 0 Å². The van der Waals surface area contributed by atoms with E-state index in [1.165, 1.54) is 0 Å². The molecule has 2 N–H and O–H groups in total. The van der Waals surface area contributed by atoms with Crippen molar-refractivity contribution >= 4 is 29.1 Å². The maximum absolute atomic E-state index is 12.4. The molecule has 6 nitrogen and oxygen atoms in total. The number of aromatic nitrogens is 2. The van der Waals surface area contributed by atoms with Gasteiger partial charge in [0.2, 0.25) is 5.91 Å². The molecule has 0 saturated carbocycles. The number of hydrogen-bond donors (Lipinski definition) is 2. The Balaban J connectivity index is 1.57. The highest BCUT2D eigenvalue weighted by molar-refractivity contribution is 6.31. The van der Waals surface area contributed by atoms with Crippen LogP contribution < -0.4 is 10.9 Å². The number of nitrogens with one attached hydrogen (secondary N) is 2. The molecule has 3 aromatic rings. The summed E-state index contributed by atoms with van der Waals surface area (Å²) < 4.78 is 1.69. The van der Waals surface area contributed by atoms with Crippen molar-refractivity contribution < 1.29 is 9.59 Å². The van der Waals surface area contributed by atoms with E-state index in [1.54, 1.807) is 17.5 Å². The van der Waals surface area contributed by atoms with Gasteiger partial charge in [0.1, 0.15) is 11.3 Å². The molecule has 2 amide bonds. The number of carbonyl (C=O) groups excluding carboxylic acids is 2. The number of imidazole rings is 1. The SMILES string of the molecule is Cc1ccc(CCC(=O)NNC(=O)c2c(C)nc3ccccn23)cc1Cl. The highest BCUT2D eigenvalue weighted by Crippen LogP contribution is 2.17. The molecule has 0 radical (unpaired) electrons. The van der Waals surface area contributed by atoms with Gasteiger partial charge in [0.25, 0.3) is 5.91 Å². The molecular weight excluding hydrogens is 352 g/mol. The summed E-state index contributed by atoms with van der Waals surface area (Å²) in [5.41, 5.74) is 8.53. The molecule has 0 aliphatic heterocycles. The second kappa shape index (κ2) is 7.58. The maximum Gasteiger partial charge on any atom is 0.288 e. The van der Waals surface area contributed by atoms with Gasteiger partial charge in [-0.05, 0) is 49.6 Å². The average Bonchev–Trinajstić information content (AvgIpc) is 2.96. The van der Waals surface area contributed by atoms with Crippen LogP contribution in [-0.4, -0.2) is 21.2 Å². The molecule has 2 heterocycles. The van der Waals surface area contributed by atoms with E-state index in [-0.39, 0.29) is 12.3 Å². The summed E-state index contributed by atoms with van der Waals surface area (Å²) >= 11 is 6.09. The minimum absolute atomic E-state index is 0.242. The zero-order valence-corrected chi connectivity index (χ0v) is 15.3. The lowest BCUT2D eigenvalue weighted by Crippen LogP contribution is -2.42. The number of aryl methyl sites for hydroxylation is 3. The summed E-state index contributed by atoms with van der Waals surface area (Å²) in [7, 11) is 0. The molecule has 0 unspecified atom stereocenters. The second-order valence-electron chi connectivity index (χ2n) is 6.06. The van der Waals surface area contributed by atoms with Gasteiger partial charge in [0.05, 0.1) is 5.69 Å². The van der Waals surface area contributed by atoms with E-state index in [2.05, 4.69) is 15.8 Å². The smallest absolute Gasteiger partial charge is 0.288 e. The molecule has 0 spiro atoms. The minimum Gasteiger partial charge on any atom is -0.295 e. The van der Waals surface area contributed by atoms with Crippen LogP contribution in [0, 0.1) is 13.8 Å². The summed E-state index contributed by atoms with van der Waals surface area (Å²) in [6.07, 6.45) is 2.54. The lowest BCUT2D eigenvalue weighted by Gasteiger charge is -2.08. The highest BCUT2D eigenvalue weighted by Gasteiger charge is 2.16. The van der Waals surface area contributed by atoms with E-state index < -0.39 is 5.91 Å². The van der Waals surface area contributed by atoms with Crippen molar-refractivity contribution in [2.75, 3.05) is 0 Å². The van der Waals surface area contributed by atoms with Gasteiger partial charge in [0, 0.05) is 17.6 Å². The van der Waals surface area contributed by atoms with Gasteiger partial charge in [0.15, 0.2) is 0 Å². The summed E-state index contributed by atoms with van der Waals surface area (Å²) in [5.74, 6) is -0.686. The topological polar surface area (TPSA) is 75.5 Å². The normalized spacial score (nSPS) is 10.7. The largest absolute Gasteiger partial charge is 0.295 e. The van der Waals surface area contributed by atoms with E-state index >= 15 is 0 Å². The first-order valence-electron chi connectivity index (χ1n) is 8.23. The first-order valence-corrected chi connectivity index (χ1v) is 8.61. The number of fused-ring (bicyclic) bond motifs is 1. The minimum atomic E-state index is -0.409. The Morgan fingerprint density at radius 3 is 2.73 bits per heavy atom. The van der Waals surface area contributed by atoms with E-state index in [1.807, 2.05) is 43.3 Å². The van der Waals surface area contributed by atoms with Crippen LogP contribution in [0.3, 0.4) is 0 Å². The molecule has 0 aliphatic rings. The predicted octanol–water partition coefficient (Wildman–Crippen LogP) is 3.00. The fraction of sp³-hybridized carbons (Fsp3) is 0.211. The van der Waals surface area contributed by atoms with Gasteiger partial charge in [-0.2, -0.15) is 0 Å². The van der Waals surface area contributed by atoms with Crippen LogP contribution in [0.2, 0.25) is 5.02 Å². The van der Waals surface area contributed by atoms with Crippen LogP contribution in [0.5, 0.6) is 0 Å². The summed E-state index contributed by atoms with van der Waals surface area (Å²) in [6.45, 7) is 3.68. The number of pyridine rings is 1. The third-order valence-corrected chi connectivity index (χ3v) is 4.52. The molecule has 3 rings (SSSR count). The monoisotopic (exact) mass is 370 g/mol. The number of rotatable bonds is 4. The van der Waals surface area contributed by atoms with Crippen molar-refractivity contribution in [3.63, 3.8) is 0 Å². The third kappa shape index (κ3) is 3.86. The van der Waals surface area contributed by atoms with Crippen LogP contribution in [0.15, 0.2) is 42.6 Å². The molecule has 7 heteroatoms. The fourth-order valence-electron chi connectivity index (χ4n) is 2.68. The highest BCUT2D eigenvalue weighted by atomic mass is 35.5. The van der Waals surface area contributed by atoms with Gasteiger partial charge in [-0.1, -0.05) is 29.8 Å². The summed E-state index contributed by atoms with van der Waals surface area (Å²) in [5, 5.41) is 0.680.